The van der Waals surface area contributed by atoms with E-state index in [4.69, 9.17) is 5.73 Å². The Kier molecular flexibility index (Phi) is 3.75. The summed E-state index contributed by atoms with van der Waals surface area (Å²) >= 11 is 4.76. The number of nitrogens with two attached hydrogens (primary N) is 1. The molecule has 0 saturated heterocycles. The molecular formula is C8H10BrNOS. The van der Waals surface area contributed by atoms with Crippen LogP contribution in [0.3, 0.4) is 0 Å². The number of alkyl halides is 1. The lowest BCUT2D eigenvalue weighted by molar-refractivity contribution is 0.100. The summed E-state index contributed by atoms with van der Waals surface area (Å²) in [5.74, 6) is -0.311. The molecule has 1 amide bonds. The summed E-state index contributed by atoms with van der Waals surface area (Å²) in [7, 11) is 0. The van der Waals surface area contributed by atoms with Gasteiger partial charge in [-0.3, -0.25) is 4.79 Å². The summed E-state index contributed by atoms with van der Waals surface area (Å²) < 4.78 is 0. The second-order valence-corrected chi connectivity index (χ2v) is 4.14. The van der Waals surface area contributed by atoms with Gasteiger partial charge in [-0.05, 0) is 29.9 Å². The fourth-order valence-electron chi connectivity index (χ4n) is 1.01. The number of hydrogen-bond acceptors (Lipinski definition) is 2. The smallest absolute Gasteiger partial charge is 0.259 e. The Bertz CT molecular complexity index is 272. The molecule has 0 aliphatic heterocycles. The summed E-state index contributed by atoms with van der Waals surface area (Å²) in [6.07, 6.45) is 1.96. The number of amides is 1. The zero-order chi connectivity index (χ0) is 8.97. The van der Waals surface area contributed by atoms with Gasteiger partial charge in [-0.2, -0.15) is 0 Å². The van der Waals surface area contributed by atoms with E-state index in [1.54, 1.807) is 0 Å². The third-order valence-corrected chi connectivity index (χ3v) is 3.08. The fourth-order valence-corrected chi connectivity index (χ4v) is 2.09. The number of carbonyl (C=O) groups is 1. The van der Waals surface area contributed by atoms with Crippen LogP contribution in [0.1, 0.15) is 21.7 Å². The molecule has 1 rings (SSSR count). The van der Waals surface area contributed by atoms with E-state index in [9.17, 15) is 4.79 Å². The van der Waals surface area contributed by atoms with E-state index in [0.717, 1.165) is 23.7 Å². The third-order valence-electron chi connectivity index (χ3n) is 1.55. The van der Waals surface area contributed by atoms with Crippen molar-refractivity contribution in [2.45, 2.75) is 12.8 Å². The van der Waals surface area contributed by atoms with Crippen LogP contribution in [0.5, 0.6) is 0 Å². The third kappa shape index (κ3) is 2.32. The summed E-state index contributed by atoms with van der Waals surface area (Å²) in [5.41, 5.74) is 6.27. The van der Waals surface area contributed by atoms with E-state index >= 15 is 0 Å². The average Bonchev–Trinajstić information content (AvgIpc) is 2.48. The highest BCUT2D eigenvalue weighted by molar-refractivity contribution is 9.09. The predicted octanol–water partition coefficient (Wildman–Crippen LogP) is 2.17. The van der Waals surface area contributed by atoms with Gasteiger partial charge in [0.15, 0.2) is 0 Å². The zero-order valence-corrected chi connectivity index (χ0v) is 8.95. The van der Waals surface area contributed by atoms with Gasteiger partial charge < -0.3 is 5.73 Å². The molecule has 0 saturated carbocycles. The SMILES string of the molecule is NC(=O)c1sccc1CCCBr. The number of primary amides is 1. The first-order valence-corrected chi connectivity index (χ1v) is 5.68. The quantitative estimate of drug-likeness (QED) is 0.815. The van der Waals surface area contributed by atoms with Crippen LogP contribution >= 0.6 is 27.3 Å². The highest BCUT2D eigenvalue weighted by atomic mass is 79.9. The lowest BCUT2D eigenvalue weighted by Gasteiger charge is -1.97. The maximum Gasteiger partial charge on any atom is 0.259 e. The van der Waals surface area contributed by atoms with Gasteiger partial charge in [0.1, 0.15) is 0 Å². The Morgan fingerprint density at radius 1 is 1.67 bits per heavy atom. The molecule has 1 aromatic rings. The minimum Gasteiger partial charge on any atom is -0.365 e. The molecule has 0 aromatic carbocycles. The van der Waals surface area contributed by atoms with Crippen molar-refractivity contribution >= 4 is 33.2 Å². The highest BCUT2D eigenvalue weighted by Crippen LogP contribution is 2.17. The monoisotopic (exact) mass is 247 g/mol. The standard InChI is InChI=1S/C8H10BrNOS/c9-4-1-2-6-3-5-12-7(6)8(10)11/h3,5H,1-2,4H2,(H2,10,11). The van der Waals surface area contributed by atoms with E-state index in [0.29, 0.717) is 4.88 Å². The normalized spacial score (nSPS) is 10.1. The van der Waals surface area contributed by atoms with Crippen molar-refractivity contribution in [3.05, 3.63) is 21.9 Å². The van der Waals surface area contributed by atoms with Crippen molar-refractivity contribution in [3.63, 3.8) is 0 Å². The number of halogens is 1. The minimum absolute atomic E-state index is 0.311. The first-order chi connectivity index (χ1) is 5.75. The van der Waals surface area contributed by atoms with Crippen LogP contribution < -0.4 is 5.73 Å². The summed E-state index contributed by atoms with van der Waals surface area (Å²) in [6.45, 7) is 0. The van der Waals surface area contributed by atoms with Crippen LogP contribution in [0.25, 0.3) is 0 Å². The van der Waals surface area contributed by atoms with Crippen LogP contribution in [0.2, 0.25) is 0 Å². The maximum absolute atomic E-state index is 10.9. The number of carbonyl (C=O) groups excluding carboxylic acids is 1. The van der Waals surface area contributed by atoms with Crippen molar-refractivity contribution in [3.8, 4) is 0 Å². The van der Waals surface area contributed by atoms with Crippen molar-refractivity contribution in [2.24, 2.45) is 5.73 Å². The summed E-state index contributed by atoms with van der Waals surface area (Å²) in [4.78, 5) is 11.6. The molecule has 0 aliphatic carbocycles. The van der Waals surface area contributed by atoms with Gasteiger partial charge in [0.2, 0.25) is 0 Å². The van der Waals surface area contributed by atoms with Gasteiger partial charge >= 0.3 is 0 Å². The van der Waals surface area contributed by atoms with Crippen molar-refractivity contribution in [1.82, 2.24) is 0 Å². The Morgan fingerprint density at radius 3 is 3.00 bits per heavy atom. The van der Waals surface area contributed by atoms with E-state index in [1.165, 1.54) is 11.3 Å². The van der Waals surface area contributed by atoms with Crippen LogP contribution in [-0.2, 0) is 6.42 Å². The molecule has 0 bridgehead atoms. The lowest BCUT2D eigenvalue weighted by Crippen LogP contribution is -2.11. The highest BCUT2D eigenvalue weighted by Gasteiger charge is 2.08. The number of rotatable bonds is 4. The van der Waals surface area contributed by atoms with Gasteiger partial charge in [-0.1, -0.05) is 15.9 Å². The van der Waals surface area contributed by atoms with Crippen molar-refractivity contribution < 1.29 is 4.79 Å². The Labute approximate surface area is 83.9 Å². The topological polar surface area (TPSA) is 43.1 Å². The summed E-state index contributed by atoms with van der Waals surface area (Å²) in [6, 6.07) is 1.97. The fraction of sp³-hybridized carbons (Fsp3) is 0.375. The van der Waals surface area contributed by atoms with E-state index in [-0.39, 0.29) is 5.91 Å². The molecule has 66 valence electrons. The molecule has 12 heavy (non-hydrogen) atoms. The van der Waals surface area contributed by atoms with Gasteiger partial charge in [0, 0.05) is 5.33 Å². The van der Waals surface area contributed by atoms with Gasteiger partial charge in [0.25, 0.3) is 5.91 Å². The van der Waals surface area contributed by atoms with Crippen LogP contribution in [0.4, 0.5) is 0 Å². The molecule has 4 heteroatoms. The molecule has 2 N–H and O–H groups in total. The molecule has 0 unspecified atom stereocenters. The van der Waals surface area contributed by atoms with Crippen LogP contribution in [-0.4, -0.2) is 11.2 Å². The Morgan fingerprint density at radius 2 is 2.42 bits per heavy atom. The zero-order valence-electron chi connectivity index (χ0n) is 6.55. The lowest BCUT2D eigenvalue weighted by atomic mass is 10.1. The van der Waals surface area contributed by atoms with Gasteiger partial charge in [0.05, 0.1) is 4.88 Å². The predicted molar refractivity (Wildman–Crippen MR) is 55.0 cm³/mol. The molecule has 1 heterocycles. The number of hydrogen-bond donors (Lipinski definition) is 1. The number of thiophene rings is 1. The molecule has 1 aromatic heterocycles. The number of aryl methyl sites for hydroxylation is 1. The largest absolute Gasteiger partial charge is 0.365 e. The Hall–Kier alpha value is -0.350. The van der Waals surface area contributed by atoms with Crippen LogP contribution in [0, 0.1) is 0 Å². The molecule has 0 aliphatic rings. The van der Waals surface area contributed by atoms with Crippen molar-refractivity contribution in [1.29, 1.82) is 0 Å². The van der Waals surface area contributed by atoms with Crippen LogP contribution in [0.15, 0.2) is 11.4 Å². The van der Waals surface area contributed by atoms with E-state index in [1.807, 2.05) is 11.4 Å². The second kappa shape index (κ2) is 4.62. The molecule has 2 nitrogen and oxygen atoms in total. The van der Waals surface area contributed by atoms with E-state index in [2.05, 4.69) is 15.9 Å². The first-order valence-electron chi connectivity index (χ1n) is 3.68. The summed E-state index contributed by atoms with van der Waals surface area (Å²) in [5, 5.41) is 2.87. The minimum atomic E-state index is -0.311. The van der Waals surface area contributed by atoms with Crippen molar-refractivity contribution in [2.75, 3.05) is 5.33 Å². The molecule has 0 radical (unpaired) electrons. The van der Waals surface area contributed by atoms with Gasteiger partial charge in [-0.15, -0.1) is 11.3 Å². The Balaban J connectivity index is 2.70. The maximum atomic E-state index is 10.9. The molecular weight excluding hydrogens is 238 g/mol. The van der Waals surface area contributed by atoms with E-state index < -0.39 is 0 Å². The molecule has 0 atom stereocenters. The average molecular weight is 248 g/mol. The first kappa shape index (κ1) is 9.74. The molecule has 0 fully saturated rings. The molecule has 0 spiro atoms. The second-order valence-electron chi connectivity index (χ2n) is 2.43. The van der Waals surface area contributed by atoms with Gasteiger partial charge in [-0.25, -0.2) is 0 Å².